The van der Waals surface area contributed by atoms with E-state index in [9.17, 15) is 20.0 Å². The van der Waals surface area contributed by atoms with E-state index >= 15 is 0 Å². The summed E-state index contributed by atoms with van der Waals surface area (Å²) in [5, 5.41) is 26.7. The largest absolute Gasteiger partial charge is 0.481 e. The van der Waals surface area contributed by atoms with E-state index in [-0.39, 0.29) is 40.0 Å². The summed E-state index contributed by atoms with van der Waals surface area (Å²) in [4.78, 5) is 29.7. The van der Waals surface area contributed by atoms with Crippen molar-refractivity contribution in [1.29, 1.82) is 5.26 Å². The number of aliphatic imine (C=N–C) groups is 1. The van der Waals surface area contributed by atoms with E-state index in [4.69, 9.17) is 14.2 Å². The summed E-state index contributed by atoms with van der Waals surface area (Å²) < 4.78 is 19.2. The molecule has 0 aromatic heterocycles. The maximum absolute atomic E-state index is 13.4. The predicted octanol–water partition coefficient (Wildman–Crippen LogP) is 7.74. The van der Waals surface area contributed by atoms with Crippen LogP contribution in [0, 0.1) is 68.1 Å². The molecule has 3 N–H and O–H groups in total. The number of carboxylic acids is 1. The average Bonchev–Trinajstić information content (AvgIpc) is 3.10. The second-order valence-corrected chi connectivity index (χ2v) is 18.5. The van der Waals surface area contributed by atoms with Crippen molar-refractivity contribution >= 4 is 17.9 Å². The molecule has 54 heavy (non-hydrogen) atoms. The van der Waals surface area contributed by atoms with Gasteiger partial charge in [-0.2, -0.15) is 5.26 Å². The first kappa shape index (κ1) is 41.7. The van der Waals surface area contributed by atoms with Crippen LogP contribution < -0.4 is 10.6 Å². The summed E-state index contributed by atoms with van der Waals surface area (Å²) in [7, 11) is 0. The SMILES string of the molecule is CC(=O)O[C@H](C)[C@H](OCCN/C(=N\C#N)NCc1ccccc1)C1(C)COC[C@@]2(C)C3=CC[C@@]4(C)[C@H](C(=O)O)[C@@](C)([C@H](C)C(C)C)CC[C@]4(C)[C@H]3CCC12. The molecule has 1 saturated heterocycles. The lowest BCUT2D eigenvalue weighted by Crippen LogP contribution is -2.66. The van der Waals surface area contributed by atoms with E-state index < -0.39 is 34.9 Å². The molecule has 3 aliphatic carbocycles. The van der Waals surface area contributed by atoms with Gasteiger partial charge in [-0.3, -0.25) is 9.59 Å². The molecule has 2 unspecified atom stereocenters. The molecule has 1 aliphatic heterocycles. The van der Waals surface area contributed by atoms with E-state index in [1.165, 1.54) is 12.5 Å². The third kappa shape index (κ3) is 7.32. The van der Waals surface area contributed by atoms with Gasteiger partial charge in [-0.25, -0.2) is 0 Å². The van der Waals surface area contributed by atoms with Crippen LogP contribution in [0.4, 0.5) is 0 Å². The summed E-state index contributed by atoms with van der Waals surface area (Å²) >= 11 is 0. The number of nitriles is 1. The summed E-state index contributed by atoms with van der Waals surface area (Å²) in [6.45, 7) is 23.8. The van der Waals surface area contributed by atoms with Gasteiger partial charge in [0, 0.05) is 30.8 Å². The second-order valence-electron chi connectivity index (χ2n) is 18.5. The molecule has 2 saturated carbocycles. The van der Waals surface area contributed by atoms with Crippen LogP contribution in [-0.2, 0) is 30.3 Å². The lowest BCUT2D eigenvalue weighted by atomic mass is 9.35. The van der Waals surface area contributed by atoms with Crippen molar-refractivity contribution in [3.63, 3.8) is 0 Å². The molecule has 1 heterocycles. The zero-order valence-corrected chi connectivity index (χ0v) is 34.5. The Morgan fingerprint density at radius 2 is 1.70 bits per heavy atom. The van der Waals surface area contributed by atoms with Crippen LogP contribution in [-0.4, -0.2) is 61.6 Å². The minimum Gasteiger partial charge on any atom is -0.481 e. The highest BCUT2D eigenvalue weighted by molar-refractivity contribution is 5.80. The molecule has 0 bridgehead atoms. The van der Waals surface area contributed by atoms with Crippen LogP contribution in [0.25, 0.3) is 0 Å². The number of benzene rings is 1. The fourth-order valence-corrected chi connectivity index (χ4v) is 12.1. The Kier molecular flexibility index (Phi) is 12.3. The van der Waals surface area contributed by atoms with Gasteiger partial charge in [0.05, 0.1) is 25.7 Å². The smallest absolute Gasteiger partial charge is 0.307 e. The summed E-state index contributed by atoms with van der Waals surface area (Å²) in [5.41, 5.74) is 0.825. The van der Waals surface area contributed by atoms with Crippen LogP contribution in [0.3, 0.4) is 0 Å². The monoisotopic (exact) mass is 746 g/mol. The van der Waals surface area contributed by atoms with Gasteiger partial charge < -0.3 is 30.0 Å². The van der Waals surface area contributed by atoms with Gasteiger partial charge in [0.2, 0.25) is 12.2 Å². The lowest BCUT2D eigenvalue weighted by molar-refractivity contribution is -0.225. The molecule has 10 heteroatoms. The molecule has 298 valence electrons. The van der Waals surface area contributed by atoms with Gasteiger partial charge >= 0.3 is 11.9 Å². The summed E-state index contributed by atoms with van der Waals surface area (Å²) in [6.07, 6.45) is 7.83. The zero-order valence-electron chi connectivity index (χ0n) is 34.5. The van der Waals surface area contributed by atoms with E-state index in [0.717, 1.165) is 37.7 Å². The number of nitrogens with one attached hydrogen (secondary N) is 2. The molecule has 10 nitrogen and oxygen atoms in total. The number of guanidine groups is 1. The molecule has 1 aromatic rings. The molecule has 5 rings (SSSR count). The van der Waals surface area contributed by atoms with Gasteiger partial charge in [0.1, 0.15) is 12.2 Å². The number of fused-ring (bicyclic) bond motifs is 5. The van der Waals surface area contributed by atoms with Gasteiger partial charge in [-0.1, -0.05) is 97.4 Å². The average molecular weight is 747 g/mol. The molecule has 0 spiro atoms. The van der Waals surface area contributed by atoms with E-state index in [1.54, 1.807) is 0 Å². The van der Waals surface area contributed by atoms with Crippen molar-refractivity contribution in [3.05, 3.63) is 47.5 Å². The predicted molar refractivity (Wildman–Crippen MR) is 210 cm³/mol. The Labute approximate surface area is 323 Å². The Balaban J connectivity index is 1.40. The number of hydrogen-bond donors (Lipinski definition) is 3. The molecular weight excluding hydrogens is 681 g/mol. The van der Waals surface area contributed by atoms with Crippen molar-refractivity contribution in [1.82, 2.24) is 10.6 Å². The highest BCUT2D eigenvalue weighted by Gasteiger charge is 2.69. The number of rotatable bonds is 12. The molecule has 11 atom stereocenters. The van der Waals surface area contributed by atoms with Gasteiger partial charge in [-0.05, 0) is 84.5 Å². The minimum atomic E-state index is -0.657. The standard InChI is InChI=1S/C44H66N4O6/c1-28(2)29(3)40(6)20-21-43(9)34-16-17-35-41(7,33(34)18-19-44(43,10)36(40)38(50)51)25-52-26-42(35,8)37(30(4)54-31(5)49)53-23-22-46-39(48-27-45)47-24-32-14-12-11-13-15-32/h11-15,18,28-30,34-37H,16-17,19-26H2,1-10H3,(H,50,51)(H2,46,47,48)/t29-,30-,34+,35?,36-,37+,40-,41+,42?,43-,44+/m1/s1. The van der Waals surface area contributed by atoms with E-state index in [0.29, 0.717) is 44.8 Å². The molecule has 1 aromatic carbocycles. The zero-order chi connectivity index (χ0) is 39.7. The minimum absolute atomic E-state index is 0.179. The fraction of sp³-hybridized carbons (Fsp3) is 0.727. The van der Waals surface area contributed by atoms with Crippen LogP contribution >= 0.6 is 0 Å². The van der Waals surface area contributed by atoms with Gasteiger partial charge in [0.15, 0.2) is 0 Å². The molecule has 0 radical (unpaired) electrons. The number of carbonyl (C=O) groups is 2. The topological polar surface area (TPSA) is 142 Å². The molecule has 4 aliphatic rings. The number of carboxylic acid groups (broad SMARTS) is 1. The Morgan fingerprint density at radius 3 is 2.33 bits per heavy atom. The highest BCUT2D eigenvalue weighted by atomic mass is 16.6. The van der Waals surface area contributed by atoms with Crippen molar-refractivity contribution < 1.29 is 28.9 Å². The maximum Gasteiger partial charge on any atom is 0.307 e. The quantitative estimate of drug-likeness (QED) is 0.0489. The number of aliphatic carboxylic acids is 1. The van der Waals surface area contributed by atoms with Crippen LogP contribution in [0.5, 0.6) is 0 Å². The molecular formula is C44H66N4O6. The van der Waals surface area contributed by atoms with Crippen LogP contribution in [0.15, 0.2) is 47.0 Å². The Bertz CT molecular complexity index is 1620. The second kappa shape index (κ2) is 16.0. The summed E-state index contributed by atoms with van der Waals surface area (Å²) in [6, 6.07) is 9.90. The Morgan fingerprint density at radius 1 is 1.00 bits per heavy atom. The van der Waals surface area contributed by atoms with Crippen molar-refractivity contribution in [3.8, 4) is 6.19 Å². The molecule has 0 amide bonds. The van der Waals surface area contributed by atoms with Gasteiger partial charge in [0.25, 0.3) is 0 Å². The Hall–Kier alpha value is -3.42. The van der Waals surface area contributed by atoms with Crippen molar-refractivity contribution in [2.45, 2.75) is 120 Å². The number of ether oxygens (including phenoxy) is 3. The van der Waals surface area contributed by atoms with Crippen molar-refractivity contribution in [2.75, 3.05) is 26.4 Å². The highest BCUT2D eigenvalue weighted by Crippen LogP contribution is 2.73. The van der Waals surface area contributed by atoms with Crippen LogP contribution in [0.2, 0.25) is 0 Å². The lowest BCUT2D eigenvalue weighted by Gasteiger charge is -2.69. The number of allylic oxidation sites excluding steroid dienone is 1. The normalized spacial score (nSPS) is 36.6. The number of hydrogen-bond acceptors (Lipinski definition) is 7. The third-order valence-electron chi connectivity index (χ3n) is 15.3. The number of esters is 1. The number of nitrogens with zero attached hydrogens (tertiary/aromatic N) is 2. The van der Waals surface area contributed by atoms with Gasteiger partial charge in [-0.15, -0.1) is 4.99 Å². The fourth-order valence-electron chi connectivity index (χ4n) is 12.1. The van der Waals surface area contributed by atoms with E-state index in [1.807, 2.05) is 43.4 Å². The van der Waals surface area contributed by atoms with Crippen molar-refractivity contribution in [2.24, 2.45) is 61.7 Å². The first-order valence-corrected chi connectivity index (χ1v) is 20.2. The third-order valence-corrected chi connectivity index (χ3v) is 15.3. The van der Waals surface area contributed by atoms with E-state index in [2.05, 4.69) is 77.1 Å². The first-order valence-electron chi connectivity index (χ1n) is 20.2. The molecule has 3 fully saturated rings. The maximum atomic E-state index is 13.4. The summed E-state index contributed by atoms with van der Waals surface area (Å²) in [5.74, 6) is 0.0168. The van der Waals surface area contributed by atoms with Crippen LogP contribution in [0.1, 0.15) is 107 Å². The first-order chi connectivity index (χ1) is 25.4. The number of carbonyl (C=O) groups excluding carboxylic acids is 1.